The number of nitrogens with zero attached hydrogens (tertiary/aromatic N) is 1. The van der Waals surface area contributed by atoms with Crippen LogP contribution in [0.1, 0.15) is 5.56 Å². The van der Waals surface area contributed by atoms with Crippen LogP contribution in [0, 0.1) is 11.3 Å². The maximum absolute atomic E-state index is 12.3. The number of phenols is 1. The maximum Gasteiger partial charge on any atom is 0.266 e. The molecule has 0 saturated heterocycles. The summed E-state index contributed by atoms with van der Waals surface area (Å²) in [6.45, 7) is 0. The van der Waals surface area contributed by atoms with E-state index in [0.29, 0.717) is 11.3 Å². The minimum absolute atomic E-state index is 0.0222. The third-order valence-corrected chi connectivity index (χ3v) is 3.63. The Balaban J connectivity index is 2.01. The highest BCUT2D eigenvalue weighted by molar-refractivity contribution is 6.11. The Morgan fingerprint density at radius 3 is 2.46 bits per heavy atom. The number of phenolic OH excluding ortho intramolecular Hbond substituents is 1. The van der Waals surface area contributed by atoms with Crippen molar-refractivity contribution in [2.45, 2.75) is 0 Å². The van der Waals surface area contributed by atoms with Gasteiger partial charge in [0, 0.05) is 11.3 Å². The molecule has 0 fully saturated rings. The van der Waals surface area contributed by atoms with Gasteiger partial charge in [0.15, 0.2) is 0 Å². The van der Waals surface area contributed by atoms with Gasteiger partial charge < -0.3 is 10.4 Å². The summed E-state index contributed by atoms with van der Waals surface area (Å²) in [5, 5.41) is 23.8. The Hall–Kier alpha value is -3.58. The summed E-state index contributed by atoms with van der Waals surface area (Å²) in [5.41, 5.74) is 0.976. The van der Waals surface area contributed by atoms with Crippen molar-refractivity contribution in [3.05, 3.63) is 77.9 Å². The number of carbonyl (C=O) groups excluding carboxylic acids is 1. The molecule has 3 aromatic rings. The second-order valence-electron chi connectivity index (χ2n) is 5.21. The largest absolute Gasteiger partial charge is 0.507 e. The molecule has 4 nitrogen and oxygen atoms in total. The molecule has 116 valence electrons. The summed E-state index contributed by atoms with van der Waals surface area (Å²) in [7, 11) is 0. The Morgan fingerprint density at radius 1 is 1.00 bits per heavy atom. The summed E-state index contributed by atoms with van der Waals surface area (Å²) in [4.78, 5) is 12.3. The quantitative estimate of drug-likeness (QED) is 0.565. The Morgan fingerprint density at radius 2 is 1.71 bits per heavy atom. The second kappa shape index (κ2) is 6.67. The summed E-state index contributed by atoms with van der Waals surface area (Å²) in [5.74, 6) is -0.495. The van der Waals surface area contributed by atoms with Gasteiger partial charge in [0.2, 0.25) is 0 Å². The van der Waals surface area contributed by atoms with E-state index in [0.717, 1.165) is 10.8 Å². The average molecular weight is 314 g/mol. The first-order valence-electron chi connectivity index (χ1n) is 7.38. The van der Waals surface area contributed by atoms with Crippen LogP contribution in [-0.4, -0.2) is 11.0 Å². The van der Waals surface area contributed by atoms with E-state index in [1.54, 1.807) is 36.4 Å². The molecule has 0 aromatic heterocycles. The molecule has 4 heteroatoms. The lowest BCUT2D eigenvalue weighted by atomic mass is 10.0. The van der Waals surface area contributed by atoms with E-state index in [-0.39, 0.29) is 11.3 Å². The molecule has 0 atom stereocenters. The van der Waals surface area contributed by atoms with Crippen LogP contribution in [-0.2, 0) is 4.79 Å². The van der Waals surface area contributed by atoms with E-state index in [1.807, 2.05) is 36.4 Å². The molecule has 3 rings (SSSR count). The van der Waals surface area contributed by atoms with E-state index in [9.17, 15) is 15.2 Å². The predicted octanol–water partition coefficient (Wildman–Crippen LogP) is 4.09. The van der Waals surface area contributed by atoms with Crippen molar-refractivity contribution in [2.75, 3.05) is 5.32 Å². The molecule has 0 bridgehead atoms. The number of aromatic hydroxyl groups is 1. The average Bonchev–Trinajstić information content (AvgIpc) is 2.62. The van der Waals surface area contributed by atoms with Gasteiger partial charge >= 0.3 is 0 Å². The molecule has 0 saturated carbocycles. The zero-order valence-corrected chi connectivity index (χ0v) is 12.7. The summed E-state index contributed by atoms with van der Waals surface area (Å²) >= 11 is 0. The molecule has 1 amide bonds. The number of para-hydroxylation sites is 1. The van der Waals surface area contributed by atoms with Gasteiger partial charge in [0.25, 0.3) is 5.91 Å². The molecule has 0 radical (unpaired) electrons. The molecular weight excluding hydrogens is 300 g/mol. The fourth-order valence-corrected chi connectivity index (χ4v) is 2.45. The van der Waals surface area contributed by atoms with Gasteiger partial charge in [-0.3, -0.25) is 4.79 Å². The number of anilines is 1. The zero-order chi connectivity index (χ0) is 16.9. The van der Waals surface area contributed by atoms with Gasteiger partial charge in [-0.25, -0.2) is 0 Å². The van der Waals surface area contributed by atoms with Crippen molar-refractivity contribution < 1.29 is 9.90 Å². The van der Waals surface area contributed by atoms with Gasteiger partial charge in [-0.05, 0) is 35.0 Å². The highest BCUT2D eigenvalue weighted by Gasteiger charge is 2.12. The van der Waals surface area contributed by atoms with Crippen LogP contribution in [0.2, 0.25) is 0 Å². The number of amides is 1. The molecule has 0 aliphatic heterocycles. The Kier molecular flexibility index (Phi) is 4.26. The molecule has 0 unspecified atom stereocenters. The minimum Gasteiger partial charge on any atom is -0.507 e. The number of carbonyl (C=O) groups is 1. The first kappa shape index (κ1) is 15.3. The van der Waals surface area contributed by atoms with Gasteiger partial charge in [0.1, 0.15) is 17.4 Å². The van der Waals surface area contributed by atoms with Crippen LogP contribution >= 0.6 is 0 Å². The minimum atomic E-state index is -0.518. The lowest BCUT2D eigenvalue weighted by Gasteiger charge is -2.07. The molecule has 0 spiro atoms. The van der Waals surface area contributed by atoms with Gasteiger partial charge in [-0.2, -0.15) is 5.26 Å². The SMILES string of the molecule is N#C/C(=C/c1c(O)ccc2ccccc12)C(=O)Nc1ccccc1. The third-order valence-electron chi connectivity index (χ3n) is 3.63. The lowest BCUT2D eigenvalue weighted by molar-refractivity contribution is -0.112. The second-order valence-corrected chi connectivity index (χ2v) is 5.21. The standard InChI is InChI=1S/C20H14N2O2/c21-13-15(20(24)22-16-7-2-1-3-8-16)12-18-17-9-5-4-6-14(17)10-11-19(18)23/h1-12,23H,(H,22,24)/b15-12-. The Labute approximate surface area is 139 Å². The summed E-state index contributed by atoms with van der Waals surface area (Å²) in [6, 6.07) is 21.6. The fourth-order valence-electron chi connectivity index (χ4n) is 2.45. The number of hydrogen-bond acceptors (Lipinski definition) is 3. The molecular formula is C20H14N2O2. The Bertz CT molecular complexity index is 970. The number of nitriles is 1. The number of benzene rings is 3. The molecule has 24 heavy (non-hydrogen) atoms. The van der Waals surface area contributed by atoms with E-state index in [2.05, 4.69) is 5.32 Å². The first-order valence-corrected chi connectivity index (χ1v) is 7.38. The van der Waals surface area contributed by atoms with E-state index < -0.39 is 5.91 Å². The summed E-state index contributed by atoms with van der Waals surface area (Å²) in [6.07, 6.45) is 1.41. The monoisotopic (exact) mass is 314 g/mol. The van der Waals surface area contributed by atoms with Crippen molar-refractivity contribution in [3.63, 3.8) is 0 Å². The van der Waals surface area contributed by atoms with Crippen molar-refractivity contribution >= 4 is 28.4 Å². The van der Waals surface area contributed by atoms with Crippen molar-refractivity contribution in [1.29, 1.82) is 5.26 Å². The van der Waals surface area contributed by atoms with Crippen LogP contribution < -0.4 is 5.32 Å². The maximum atomic E-state index is 12.3. The van der Waals surface area contributed by atoms with E-state index in [1.165, 1.54) is 6.08 Å². The lowest BCUT2D eigenvalue weighted by Crippen LogP contribution is -2.13. The van der Waals surface area contributed by atoms with Gasteiger partial charge in [-0.1, -0.05) is 48.5 Å². The van der Waals surface area contributed by atoms with Crippen LogP contribution in [0.15, 0.2) is 72.3 Å². The van der Waals surface area contributed by atoms with Gasteiger partial charge in [-0.15, -0.1) is 0 Å². The topological polar surface area (TPSA) is 73.1 Å². The van der Waals surface area contributed by atoms with Crippen molar-refractivity contribution in [2.24, 2.45) is 0 Å². The highest BCUT2D eigenvalue weighted by Crippen LogP contribution is 2.29. The molecule has 2 N–H and O–H groups in total. The fraction of sp³-hybridized carbons (Fsp3) is 0. The zero-order valence-electron chi connectivity index (χ0n) is 12.7. The smallest absolute Gasteiger partial charge is 0.266 e. The number of rotatable bonds is 3. The van der Waals surface area contributed by atoms with Crippen molar-refractivity contribution in [3.8, 4) is 11.8 Å². The van der Waals surface area contributed by atoms with Crippen LogP contribution in [0.25, 0.3) is 16.8 Å². The number of hydrogen-bond donors (Lipinski definition) is 2. The van der Waals surface area contributed by atoms with Gasteiger partial charge in [0.05, 0.1) is 0 Å². The van der Waals surface area contributed by atoms with Crippen LogP contribution in [0.4, 0.5) is 5.69 Å². The first-order chi connectivity index (χ1) is 11.7. The summed E-state index contributed by atoms with van der Waals surface area (Å²) < 4.78 is 0. The number of fused-ring (bicyclic) bond motifs is 1. The molecule has 0 aliphatic rings. The van der Waals surface area contributed by atoms with E-state index >= 15 is 0 Å². The van der Waals surface area contributed by atoms with Crippen LogP contribution in [0.5, 0.6) is 5.75 Å². The molecule has 0 aliphatic carbocycles. The van der Waals surface area contributed by atoms with E-state index in [4.69, 9.17) is 0 Å². The normalized spacial score (nSPS) is 11.0. The molecule has 0 heterocycles. The number of nitrogens with one attached hydrogen (secondary N) is 1. The third kappa shape index (κ3) is 3.11. The highest BCUT2D eigenvalue weighted by atomic mass is 16.3. The van der Waals surface area contributed by atoms with Crippen LogP contribution in [0.3, 0.4) is 0 Å². The molecule has 3 aromatic carbocycles. The van der Waals surface area contributed by atoms with Crippen molar-refractivity contribution in [1.82, 2.24) is 0 Å². The predicted molar refractivity (Wildman–Crippen MR) is 94.3 cm³/mol.